The van der Waals surface area contributed by atoms with Crippen molar-refractivity contribution in [3.05, 3.63) is 58.8 Å². The summed E-state index contributed by atoms with van der Waals surface area (Å²) in [6.45, 7) is 10.1. The first-order chi connectivity index (χ1) is 14.0. The smallest absolute Gasteiger partial charge is 0.194 e. The Hall–Kier alpha value is -2.60. The van der Waals surface area contributed by atoms with Gasteiger partial charge in [-0.15, -0.1) is 0 Å². The number of anilines is 1. The highest BCUT2D eigenvalue weighted by molar-refractivity contribution is 5.80. The first-order valence-corrected chi connectivity index (χ1v) is 10.3. The molecule has 1 atom stereocenters. The van der Waals surface area contributed by atoms with Gasteiger partial charge in [0.1, 0.15) is 11.9 Å². The van der Waals surface area contributed by atoms with Gasteiger partial charge in [-0.1, -0.05) is 29.8 Å². The summed E-state index contributed by atoms with van der Waals surface area (Å²) in [7, 11) is 4.02. The minimum atomic E-state index is 0.0592. The molecule has 3 rings (SSSR count). The van der Waals surface area contributed by atoms with E-state index >= 15 is 0 Å². The second-order valence-electron chi connectivity index (χ2n) is 7.72. The molecular weight excluding hydrogens is 362 g/mol. The van der Waals surface area contributed by atoms with Crippen molar-refractivity contribution in [1.29, 1.82) is 0 Å². The third-order valence-corrected chi connectivity index (χ3v) is 5.16. The Labute approximate surface area is 174 Å². The van der Waals surface area contributed by atoms with Gasteiger partial charge >= 0.3 is 0 Å². The van der Waals surface area contributed by atoms with Crippen molar-refractivity contribution < 1.29 is 4.74 Å². The number of pyridine rings is 1. The van der Waals surface area contributed by atoms with Crippen LogP contribution in [0.2, 0.25) is 0 Å². The van der Waals surface area contributed by atoms with Crippen LogP contribution in [-0.4, -0.2) is 56.2 Å². The standard InChI is InChI=1S/C23H33N5O/c1-6-24-23(26-15-19-8-7-11-25-22(19)27(4)5)28-12-13-29-21(16-28)20-10-9-17(2)14-18(20)3/h7-11,14,21H,6,12-13,15-16H2,1-5H3,(H,24,26). The van der Waals surface area contributed by atoms with Gasteiger partial charge in [0.15, 0.2) is 5.96 Å². The van der Waals surface area contributed by atoms with E-state index in [4.69, 9.17) is 9.73 Å². The van der Waals surface area contributed by atoms with Crippen LogP contribution < -0.4 is 10.2 Å². The highest BCUT2D eigenvalue weighted by Crippen LogP contribution is 2.26. The lowest BCUT2D eigenvalue weighted by Gasteiger charge is -2.36. The predicted octanol–water partition coefficient (Wildman–Crippen LogP) is 3.30. The molecule has 6 heteroatoms. The van der Waals surface area contributed by atoms with E-state index in [1.807, 2.05) is 31.3 Å². The maximum atomic E-state index is 6.12. The summed E-state index contributed by atoms with van der Waals surface area (Å²) in [6.07, 6.45) is 1.88. The normalized spacial score (nSPS) is 17.3. The summed E-state index contributed by atoms with van der Waals surface area (Å²) in [5.74, 6) is 1.89. The van der Waals surface area contributed by atoms with Crippen LogP contribution in [0.4, 0.5) is 5.82 Å². The van der Waals surface area contributed by atoms with Crippen LogP contribution in [0.1, 0.15) is 35.3 Å². The van der Waals surface area contributed by atoms with Crippen LogP contribution in [0.15, 0.2) is 41.5 Å². The lowest BCUT2D eigenvalue weighted by atomic mass is 10.00. The lowest BCUT2D eigenvalue weighted by Crippen LogP contribution is -2.48. The molecule has 1 aliphatic rings. The van der Waals surface area contributed by atoms with Crippen LogP contribution in [0.5, 0.6) is 0 Å². The van der Waals surface area contributed by atoms with E-state index in [9.17, 15) is 0 Å². The fourth-order valence-electron chi connectivity index (χ4n) is 3.76. The zero-order valence-electron chi connectivity index (χ0n) is 18.3. The molecule has 2 heterocycles. The Morgan fingerprint density at radius 1 is 1.31 bits per heavy atom. The Morgan fingerprint density at radius 3 is 2.86 bits per heavy atom. The molecule has 1 aliphatic heterocycles. The van der Waals surface area contributed by atoms with E-state index in [1.165, 1.54) is 16.7 Å². The fraction of sp³-hybridized carbons (Fsp3) is 0.478. The second kappa shape index (κ2) is 9.74. The number of guanidine groups is 1. The molecule has 1 N–H and O–H groups in total. The van der Waals surface area contributed by atoms with Gasteiger partial charge < -0.3 is 19.9 Å². The minimum Gasteiger partial charge on any atom is -0.370 e. The molecule has 2 aromatic rings. The van der Waals surface area contributed by atoms with Crippen molar-refractivity contribution in [3.8, 4) is 0 Å². The number of nitrogens with zero attached hydrogens (tertiary/aromatic N) is 4. The van der Waals surface area contributed by atoms with Crippen molar-refractivity contribution in [2.24, 2.45) is 4.99 Å². The second-order valence-corrected chi connectivity index (χ2v) is 7.72. The van der Waals surface area contributed by atoms with Crippen LogP contribution in [0.3, 0.4) is 0 Å². The van der Waals surface area contributed by atoms with E-state index in [2.05, 4.69) is 60.2 Å². The first-order valence-electron chi connectivity index (χ1n) is 10.3. The molecule has 1 aromatic heterocycles. The molecule has 0 saturated carbocycles. The molecule has 0 amide bonds. The van der Waals surface area contributed by atoms with Crippen molar-refractivity contribution in [2.45, 2.75) is 33.4 Å². The molecule has 0 spiro atoms. The van der Waals surface area contributed by atoms with Gasteiger partial charge in [0.05, 0.1) is 19.7 Å². The maximum absolute atomic E-state index is 6.12. The zero-order valence-corrected chi connectivity index (χ0v) is 18.3. The number of aromatic nitrogens is 1. The Kier molecular flexibility index (Phi) is 7.09. The van der Waals surface area contributed by atoms with E-state index < -0.39 is 0 Å². The Bertz CT molecular complexity index is 849. The number of benzene rings is 1. The summed E-state index contributed by atoms with van der Waals surface area (Å²) in [5.41, 5.74) is 4.94. The molecule has 0 radical (unpaired) electrons. The number of nitrogens with one attached hydrogen (secondary N) is 1. The lowest BCUT2D eigenvalue weighted by molar-refractivity contribution is -0.00834. The summed E-state index contributed by atoms with van der Waals surface area (Å²) < 4.78 is 6.12. The van der Waals surface area contributed by atoms with Crippen LogP contribution in [0.25, 0.3) is 0 Å². The number of rotatable bonds is 5. The highest BCUT2D eigenvalue weighted by atomic mass is 16.5. The van der Waals surface area contributed by atoms with E-state index in [-0.39, 0.29) is 6.10 Å². The van der Waals surface area contributed by atoms with Crippen LogP contribution >= 0.6 is 0 Å². The predicted molar refractivity (Wildman–Crippen MR) is 120 cm³/mol. The molecule has 156 valence electrons. The summed E-state index contributed by atoms with van der Waals surface area (Å²) >= 11 is 0. The van der Waals surface area contributed by atoms with Crippen molar-refractivity contribution in [1.82, 2.24) is 15.2 Å². The number of hydrogen-bond acceptors (Lipinski definition) is 4. The van der Waals surface area contributed by atoms with Crippen molar-refractivity contribution in [3.63, 3.8) is 0 Å². The van der Waals surface area contributed by atoms with Gasteiger partial charge in [-0.2, -0.15) is 0 Å². The topological polar surface area (TPSA) is 53.0 Å². The average molecular weight is 396 g/mol. The van der Waals surface area contributed by atoms with Gasteiger partial charge in [0.25, 0.3) is 0 Å². The minimum absolute atomic E-state index is 0.0592. The van der Waals surface area contributed by atoms with E-state index in [1.54, 1.807) is 0 Å². The molecule has 29 heavy (non-hydrogen) atoms. The number of aryl methyl sites for hydroxylation is 2. The van der Waals surface area contributed by atoms with Crippen LogP contribution in [-0.2, 0) is 11.3 Å². The number of ether oxygens (including phenoxy) is 1. The van der Waals surface area contributed by atoms with Gasteiger partial charge in [-0.25, -0.2) is 9.98 Å². The molecule has 1 saturated heterocycles. The summed E-state index contributed by atoms with van der Waals surface area (Å²) in [6, 6.07) is 10.6. The SMILES string of the molecule is CCNC(=NCc1cccnc1N(C)C)N1CCOC(c2ccc(C)cc2C)C1. The molecular formula is C23H33N5O. The van der Waals surface area contributed by atoms with Crippen molar-refractivity contribution >= 4 is 11.8 Å². The fourth-order valence-corrected chi connectivity index (χ4v) is 3.76. The van der Waals surface area contributed by atoms with E-state index in [0.717, 1.165) is 37.0 Å². The quantitative estimate of drug-likeness (QED) is 0.622. The monoisotopic (exact) mass is 395 g/mol. The third kappa shape index (κ3) is 5.26. The van der Waals surface area contributed by atoms with Crippen LogP contribution in [0, 0.1) is 13.8 Å². The maximum Gasteiger partial charge on any atom is 0.194 e. The molecule has 0 aliphatic carbocycles. The van der Waals surface area contributed by atoms with Gasteiger partial charge in [-0.3, -0.25) is 0 Å². The third-order valence-electron chi connectivity index (χ3n) is 5.16. The number of aliphatic imine (C=N–C) groups is 1. The van der Waals surface area contributed by atoms with E-state index in [0.29, 0.717) is 13.2 Å². The zero-order chi connectivity index (χ0) is 20.8. The van der Waals surface area contributed by atoms with Gasteiger partial charge in [0.2, 0.25) is 0 Å². The number of morpholine rings is 1. The molecule has 6 nitrogen and oxygen atoms in total. The first kappa shape index (κ1) is 21.1. The molecule has 1 aromatic carbocycles. The summed E-state index contributed by atoms with van der Waals surface area (Å²) in [4.78, 5) is 13.7. The highest BCUT2D eigenvalue weighted by Gasteiger charge is 2.25. The molecule has 0 bridgehead atoms. The van der Waals surface area contributed by atoms with Gasteiger partial charge in [0, 0.05) is 38.9 Å². The van der Waals surface area contributed by atoms with Crippen molar-refractivity contribution in [2.75, 3.05) is 45.2 Å². The molecule has 1 unspecified atom stereocenters. The Morgan fingerprint density at radius 2 is 2.14 bits per heavy atom. The summed E-state index contributed by atoms with van der Waals surface area (Å²) in [5, 5.41) is 3.45. The molecule has 1 fully saturated rings. The van der Waals surface area contributed by atoms with Gasteiger partial charge in [-0.05, 0) is 38.0 Å². The number of hydrogen-bond donors (Lipinski definition) is 1. The average Bonchev–Trinajstić information content (AvgIpc) is 2.71. The Balaban J connectivity index is 1.78. The largest absolute Gasteiger partial charge is 0.370 e.